The van der Waals surface area contributed by atoms with Crippen molar-refractivity contribution in [3.63, 3.8) is 0 Å². The number of likely N-dealkylation sites (N-methyl/N-ethyl adjacent to an activating group) is 1. The first-order chi connectivity index (χ1) is 11.7. The molecule has 0 heterocycles. The molecule has 140 valence electrons. The molecule has 0 radical (unpaired) electrons. The quantitative estimate of drug-likeness (QED) is 0.281. The number of hydrogen-bond acceptors (Lipinski definition) is 7. The maximum Gasteiger partial charge on any atom is 0.239 e. The van der Waals surface area contributed by atoms with Crippen LogP contribution >= 0.6 is 34.8 Å². The summed E-state index contributed by atoms with van der Waals surface area (Å²) in [7, 11) is 2.98. The first kappa shape index (κ1) is 22.1. The van der Waals surface area contributed by atoms with E-state index in [1.165, 1.54) is 7.05 Å². The minimum Gasteiger partial charge on any atom is -0.395 e. The van der Waals surface area contributed by atoms with Crippen LogP contribution in [0.2, 0.25) is 15.1 Å². The molecular formula is C14H20Cl3N4O4+. The van der Waals surface area contributed by atoms with Gasteiger partial charge in [-0.15, -0.1) is 10.7 Å². The van der Waals surface area contributed by atoms with Crippen molar-refractivity contribution in [1.29, 1.82) is 0 Å². The topological polar surface area (TPSA) is 97.6 Å². The number of aliphatic hydroxyl groups excluding tert-OH is 2. The van der Waals surface area contributed by atoms with Crippen molar-refractivity contribution in [1.82, 2.24) is 15.3 Å². The second kappa shape index (κ2) is 9.70. The number of rotatable bonds is 9. The lowest BCUT2D eigenvalue weighted by Crippen LogP contribution is -2.45. The van der Waals surface area contributed by atoms with Crippen LogP contribution in [-0.2, 0) is 18.1 Å². The predicted molar refractivity (Wildman–Crippen MR) is 97.6 cm³/mol. The number of quaternary nitrogens is 1. The van der Waals surface area contributed by atoms with E-state index in [4.69, 9.17) is 44.8 Å². The van der Waals surface area contributed by atoms with Crippen LogP contribution in [0.4, 0.5) is 5.69 Å². The van der Waals surface area contributed by atoms with Crippen molar-refractivity contribution >= 4 is 46.4 Å². The number of halogens is 3. The fourth-order valence-electron chi connectivity index (χ4n) is 2.10. The van der Waals surface area contributed by atoms with Crippen LogP contribution in [0.25, 0.3) is 0 Å². The summed E-state index contributed by atoms with van der Waals surface area (Å²) in [5.41, 5.74) is 2.63. The summed E-state index contributed by atoms with van der Waals surface area (Å²) in [5, 5.41) is 32.7. The normalized spacial score (nSPS) is 13.5. The third kappa shape index (κ3) is 5.29. The standard InChI is InChI=1S/C14H20Cl3N4O4/c1-4-18-19-25-21(3,24)14-12(16)9(7-20(2)5-6-22)11(15)10(8-23)13(14)17/h19,22-24H,1,5-8H2,2-3H3/q+1. The molecule has 0 saturated heterocycles. The first-order valence-corrected chi connectivity index (χ1v) is 8.18. The van der Waals surface area contributed by atoms with E-state index in [0.29, 0.717) is 12.1 Å². The van der Waals surface area contributed by atoms with Gasteiger partial charge in [0.2, 0.25) is 5.69 Å². The Bertz CT molecular complexity index is 666. The van der Waals surface area contributed by atoms with Crippen molar-refractivity contribution in [2.24, 2.45) is 5.10 Å². The summed E-state index contributed by atoms with van der Waals surface area (Å²) in [4.78, 5) is 5.50. The van der Waals surface area contributed by atoms with Crippen LogP contribution in [0.15, 0.2) is 11.7 Å². The Kier molecular flexibility index (Phi) is 8.59. The summed E-state index contributed by atoms with van der Waals surface area (Å²) in [6.07, 6.45) is 0. The van der Waals surface area contributed by atoms with Crippen LogP contribution in [-0.4, -0.2) is 53.4 Å². The van der Waals surface area contributed by atoms with Crippen molar-refractivity contribution in [3.05, 3.63) is 32.8 Å². The Morgan fingerprint density at radius 2 is 1.84 bits per heavy atom. The molecule has 1 aromatic carbocycles. The molecule has 0 amide bonds. The molecule has 0 saturated carbocycles. The van der Waals surface area contributed by atoms with Gasteiger partial charge in [-0.1, -0.05) is 34.8 Å². The molecule has 1 rings (SSSR count). The number of nitrogens with one attached hydrogen (secondary N) is 1. The van der Waals surface area contributed by atoms with Crippen LogP contribution in [0.3, 0.4) is 0 Å². The number of nitrogens with zero attached hydrogens (tertiary/aromatic N) is 3. The maximum absolute atomic E-state index is 10.5. The fourth-order valence-corrected chi connectivity index (χ4v) is 3.36. The van der Waals surface area contributed by atoms with E-state index >= 15 is 0 Å². The van der Waals surface area contributed by atoms with Gasteiger partial charge in [-0.2, -0.15) is 5.21 Å². The second-order valence-corrected chi connectivity index (χ2v) is 6.33. The van der Waals surface area contributed by atoms with Gasteiger partial charge in [0.25, 0.3) is 0 Å². The SMILES string of the molecule is C=C=NNO[N+](C)(O)c1c(Cl)c(CO)c(Cl)c(CN(C)CCO)c1Cl. The number of hydrogen-bond donors (Lipinski definition) is 4. The highest BCUT2D eigenvalue weighted by Gasteiger charge is 2.37. The Morgan fingerprint density at radius 3 is 2.36 bits per heavy atom. The summed E-state index contributed by atoms with van der Waals surface area (Å²) < 4.78 is 0. The van der Waals surface area contributed by atoms with Crippen molar-refractivity contribution < 1.29 is 20.4 Å². The monoisotopic (exact) mass is 413 g/mol. The van der Waals surface area contributed by atoms with Crippen LogP contribution in [0.1, 0.15) is 11.1 Å². The molecule has 0 aliphatic heterocycles. The fraction of sp³-hybridized carbons (Fsp3) is 0.429. The number of hydroxylamine groups is 2. The van der Waals surface area contributed by atoms with E-state index in [1.54, 1.807) is 11.9 Å². The average Bonchev–Trinajstić information content (AvgIpc) is 2.52. The average molecular weight is 415 g/mol. The van der Waals surface area contributed by atoms with Crippen molar-refractivity contribution in [2.75, 3.05) is 27.2 Å². The van der Waals surface area contributed by atoms with Crippen LogP contribution < -0.4 is 10.4 Å². The van der Waals surface area contributed by atoms with E-state index in [1.807, 2.05) is 0 Å². The highest BCUT2D eigenvalue weighted by molar-refractivity contribution is 6.43. The molecule has 1 aromatic rings. The third-order valence-corrected chi connectivity index (χ3v) is 4.57. The predicted octanol–water partition coefficient (Wildman–Crippen LogP) is 2.10. The smallest absolute Gasteiger partial charge is 0.239 e. The first-order valence-electron chi connectivity index (χ1n) is 7.04. The number of benzene rings is 1. The molecule has 1 unspecified atom stereocenters. The van der Waals surface area contributed by atoms with E-state index in [0.717, 1.165) is 0 Å². The van der Waals surface area contributed by atoms with Gasteiger partial charge in [-0.25, -0.2) is 0 Å². The van der Waals surface area contributed by atoms with Gasteiger partial charge >= 0.3 is 0 Å². The molecule has 0 aliphatic carbocycles. The van der Waals surface area contributed by atoms with Gasteiger partial charge in [0, 0.05) is 34.9 Å². The van der Waals surface area contributed by atoms with Crippen molar-refractivity contribution in [3.8, 4) is 0 Å². The highest BCUT2D eigenvalue weighted by Crippen LogP contribution is 2.45. The number of hydrazone groups is 1. The highest BCUT2D eigenvalue weighted by atomic mass is 35.5. The van der Waals surface area contributed by atoms with Gasteiger partial charge < -0.3 is 10.2 Å². The summed E-state index contributed by atoms with van der Waals surface area (Å²) >= 11 is 19.0. The van der Waals surface area contributed by atoms with E-state index < -0.39 is 11.4 Å². The lowest BCUT2D eigenvalue weighted by Gasteiger charge is -2.26. The second-order valence-electron chi connectivity index (χ2n) is 5.20. The van der Waals surface area contributed by atoms with Crippen LogP contribution in [0.5, 0.6) is 0 Å². The zero-order valence-electron chi connectivity index (χ0n) is 13.8. The Hall–Kier alpha value is -0.900. The molecule has 8 nitrogen and oxygen atoms in total. The third-order valence-electron chi connectivity index (χ3n) is 3.30. The largest absolute Gasteiger partial charge is 0.395 e. The molecule has 0 fully saturated rings. The zero-order valence-corrected chi connectivity index (χ0v) is 16.0. The minimum atomic E-state index is -1.25. The minimum absolute atomic E-state index is 0.0454. The molecule has 0 spiro atoms. The van der Waals surface area contributed by atoms with Gasteiger partial charge in [0.05, 0.1) is 18.2 Å². The molecule has 1 atom stereocenters. The molecule has 25 heavy (non-hydrogen) atoms. The van der Waals surface area contributed by atoms with E-state index in [2.05, 4.69) is 23.1 Å². The molecule has 11 heteroatoms. The number of aliphatic hydroxyl groups is 2. The zero-order chi connectivity index (χ0) is 19.2. The molecular weight excluding hydrogens is 395 g/mol. The molecule has 0 bridgehead atoms. The van der Waals surface area contributed by atoms with Gasteiger partial charge in [0.1, 0.15) is 17.1 Å². The van der Waals surface area contributed by atoms with Crippen LogP contribution in [0, 0.1) is 0 Å². The molecule has 0 aliphatic rings. The maximum atomic E-state index is 10.5. The van der Waals surface area contributed by atoms with E-state index in [-0.39, 0.29) is 39.5 Å². The molecule has 4 N–H and O–H groups in total. The Labute approximate surface area is 160 Å². The lowest BCUT2D eigenvalue weighted by atomic mass is 10.1. The van der Waals surface area contributed by atoms with Gasteiger partial charge in [-0.05, 0) is 18.6 Å². The van der Waals surface area contributed by atoms with Gasteiger partial charge in [-0.3, -0.25) is 4.90 Å². The van der Waals surface area contributed by atoms with E-state index in [9.17, 15) is 10.3 Å². The Balaban J connectivity index is 3.48. The summed E-state index contributed by atoms with van der Waals surface area (Å²) in [6.45, 7) is 3.32. The summed E-state index contributed by atoms with van der Waals surface area (Å²) in [6, 6.07) is 0. The summed E-state index contributed by atoms with van der Waals surface area (Å²) in [5.74, 6) is 2.16. The van der Waals surface area contributed by atoms with Gasteiger partial charge in [0.15, 0.2) is 0 Å². The van der Waals surface area contributed by atoms with Crippen molar-refractivity contribution in [2.45, 2.75) is 13.2 Å². The molecule has 0 aromatic heterocycles. The Morgan fingerprint density at radius 1 is 1.24 bits per heavy atom. The lowest BCUT2D eigenvalue weighted by molar-refractivity contribution is -0.339.